The normalized spacial score (nSPS) is 25.5. The second-order valence-electron chi connectivity index (χ2n) is 4.12. The van der Waals surface area contributed by atoms with Gasteiger partial charge in [0.15, 0.2) is 0 Å². The van der Waals surface area contributed by atoms with E-state index < -0.39 is 6.10 Å². The van der Waals surface area contributed by atoms with Gasteiger partial charge in [0.25, 0.3) is 0 Å². The van der Waals surface area contributed by atoms with Crippen molar-refractivity contribution in [2.24, 2.45) is 0 Å². The second kappa shape index (κ2) is 2.94. The summed E-state index contributed by atoms with van der Waals surface area (Å²) in [6, 6.07) is -0.0900. The molecule has 0 saturated carbocycles. The first-order chi connectivity index (χ1) is 5.41. The van der Waals surface area contributed by atoms with E-state index in [1.165, 1.54) is 0 Å². The lowest BCUT2D eigenvalue weighted by molar-refractivity contribution is 0.0581. The lowest BCUT2D eigenvalue weighted by Crippen LogP contribution is -2.59. The van der Waals surface area contributed by atoms with Crippen LogP contribution < -0.4 is 5.32 Å². The zero-order chi connectivity index (χ0) is 9.35. The number of hydrogen-bond donors (Lipinski definition) is 2. The minimum Gasteiger partial charge on any atom is -0.389 e. The Morgan fingerprint density at radius 2 is 2.17 bits per heavy atom. The predicted octanol–water partition coefficient (Wildman–Crippen LogP) is 0.171. The Hall–Kier alpha value is -0.770. The molecule has 1 rings (SSSR count). The monoisotopic (exact) mass is 172 g/mol. The van der Waals surface area contributed by atoms with Crippen LogP contribution in [-0.4, -0.2) is 40.8 Å². The van der Waals surface area contributed by atoms with Gasteiger partial charge in [0.2, 0.25) is 0 Å². The number of rotatable bonds is 0. The third-order valence-electron chi connectivity index (χ3n) is 1.94. The average Bonchev–Trinajstić information content (AvgIpc) is 1.92. The SMILES string of the molecule is CC(C)(C)N1CC(O)CNC1=O. The minimum absolute atomic E-state index is 0.0900. The standard InChI is InChI=1S/C8H16N2O2/c1-8(2,3)10-5-6(11)4-9-7(10)12/h6,11H,4-5H2,1-3H3,(H,9,12). The molecule has 0 aromatic carbocycles. The number of amides is 2. The summed E-state index contributed by atoms with van der Waals surface area (Å²) >= 11 is 0. The summed E-state index contributed by atoms with van der Waals surface area (Å²) in [5.74, 6) is 0. The summed E-state index contributed by atoms with van der Waals surface area (Å²) in [5, 5.41) is 11.9. The van der Waals surface area contributed by atoms with Gasteiger partial charge in [-0.25, -0.2) is 4.79 Å². The van der Waals surface area contributed by atoms with Crippen LogP contribution in [0.15, 0.2) is 0 Å². The van der Waals surface area contributed by atoms with Crippen LogP contribution in [0.25, 0.3) is 0 Å². The number of carbonyl (C=O) groups is 1. The average molecular weight is 172 g/mol. The zero-order valence-electron chi connectivity index (χ0n) is 7.79. The highest BCUT2D eigenvalue weighted by molar-refractivity contribution is 5.75. The molecular formula is C8H16N2O2. The third-order valence-corrected chi connectivity index (χ3v) is 1.94. The Morgan fingerprint density at radius 1 is 1.58 bits per heavy atom. The molecule has 1 fully saturated rings. The minimum atomic E-state index is -0.443. The largest absolute Gasteiger partial charge is 0.389 e. The fourth-order valence-corrected chi connectivity index (χ4v) is 1.24. The Morgan fingerprint density at radius 3 is 2.58 bits per heavy atom. The molecule has 4 nitrogen and oxygen atoms in total. The first-order valence-electron chi connectivity index (χ1n) is 4.15. The summed E-state index contributed by atoms with van der Waals surface area (Å²) < 4.78 is 0. The number of nitrogens with one attached hydrogen (secondary N) is 1. The van der Waals surface area contributed by atoms with Gasteiger partial charge in [0, 0.05) is 12.1 Å². The van der Waals surface area contributed by atoms with Crippen LogP contribution in [0.5, 0.6) is 0 Å². The number of aliphatic hydroxyl groups is 1. The molecule has 2 N–H and O–H groups in total. The molecule has 0 aliphatic carbocycles. The third kappa shape index (κ3) is 1.88. The van der Waals surface area contributed by atoms with E-state index >= 15 is 0 Å². The van der Waals surface area contributed by atoms with Crippen LogP contribution in [0.4, 0.5) is 4.79 Å². The maximum Gasteiger partial charge on any atom is 0.318 e. The molecule has 0 spiro atoms. The van der Waals surface area contributed by atoms with Gasteiger partial charge in [-0.2, -0.15) is 0 Å². The quantitative estimate of drug-likeness (QED) is 0.547. The number of hydrogen-bond acceptors (Lipinski definition) is 2. The van der Waals surface area contributed by atoms with Crippen molar-refractivity contribution in [2.45, 2.75) is 32.4 Å². The molecule has 70 valence electrons. The molecule has 0 bridgehead atoms. The highest BCUT2D eigenvalue weighted by atomic mass is 16.3. The Bertz CT molecular complexity index is 186. The van der Waals surface area contributed by atoms with Crippen LogP contribution in [0.2, 0.25) is 0 Å². The number of aliphatic hydroxyl groups excluding tert-OH is 1. The molecule has 0 radical (unpaired) electrons. The first kappa shape index (κ1) is 9.32. The first-order valence-corrected chi connectivity index (χ1v) is 4.15. The topological polar surface area (TPSA) is 52.6 Å². The van der Waals surface area contributed by atoms with Crippen molar-refractivity contribution in [3.8, 4) is 0 Å². The van der Waals surface area contributed by atoms with Gasteiger partial charge in [-0.15, -0.1) is 0 Å². The van der Waals surface area contributed by atoms with Gasteiger partial charge in [-0.1, -0.05) is 0 Å². The summed E-state index contributed by atoms with van der Waals surface area (Å²) in [6.07, 6.45) is -0.443. The Labute approximate surface area is 72.6 Å². The van der Waals surface area contributed by atoms with Crippen molar-refractivity contribution >= 4 is 6.03 Å². The van der Waals surface area contributed by atoms with E-state index in [2.05, 4.69) is 5.32 Å². The van der Waals surface area contributed by atoms with Crippen molar-refractivity contribution < 1.29 is 9.90 Å². The van der Waals surface area contributed by atoms with Gasteiger partial charge in [-0.05, 0) is 20.8 Å². The molecule has 0 aromatic heterocycles. The van der Waals surface area contributed by atoms with Crippen molar-refractivity contribution in [3.63, 3.8) is 0 Å². The Balaban J connectivity index is 2.68. The van der Waals surface area contributed by atoms with E-state index in [0.717, 1.165) is 0 Å². The second-order valence-corrected chi connectivity index (χ2v) is 4.12. The summed E-state index contributed by atoms with van der Waals surface area (Å²) in [6.45, 7) is 6.64. The fourth-order valence-electron chi connectivity index (χ4n) is 1.24. The molecule has 2 amide bonds. The summed E-state index contributed by atoms with van der Waals surface area (Å²) in [5.41, 5.74) is -0.217. The molecule has 1 aliphatic rings. The molecule has 1 aliphatic heterocycles. The number of β-amino-alcohol motifs (C(OH)–C–C–N with tert-alkyl or cyclic N) is 1. The van der Waals surface area contributed by atoms with Crippen LogP contribution in [0.1, 0.15) is 20.8 Å². The zero-order valence-corrected chi connectivity index (χ0v) is 7.79. The van der Waals surface area contributed by atoms with Crippen molar-refractivity contribution in [1.29, 1.82) is 0 Å². The molecule has 4 heteroatoms. The van der Waals surface area contributed by atoms with Gasteiger partial charge >= 0.3 is 6.03 Å². The smallest absolute Gasteiger partial charge is 0.318 e. The number of carbonyl (C=O) groups excluding carboxylic acids is 1. The van der Waals surface area contributed by atoms with Crippen LogP contribution in [0, 0.1) is 0 Å². The summed E-state index contributed by atoms with van der Waals surface area (Å²) in [4.78, 5) is 12.9. The molecule has 1 unspecified atom stereocenters. The molecule has 1 atom stereocenters. The maximum atomic E-state index is 11.3. The molecule has 12 heavy (non-hydrogen) atoms. The van der Waals surface area contributed by atoms with E-state index in [4.69, 9.17) is 0 Å². The van der Waals surface area contributed by atoms with E-state index in [-0.39, 0.29) is 11.6 Å². The van der Waals surface area contributed by atoms with E-state index in [0.29, 0.717) is 13.1 Å². The molecular weight excluding hydrogens is 156 g/mol. The van der Waals surface area contributed by atoms with Crippen molar-refractivity contribution in [2.75, 3.05) is 13.1 Å². The highest BCUT2D eigenvalue weighted by Gasteiger charge is 2.31. The number of urea groups is 1. The summed E-state index contributed by atoms with van der Waals surface area (Å²) in [7, 11) is 0. The van der Waals surface area contributed by atoms with Crippen molar-refractivity contribution in [1.82, 2.24) is 10.2 Å². The predicted molar refractivity (Wildman–Crippen MR) is 45.9 cm³/mol. The van der Waals surface area contributed by atoms with Gasteiger partial charge in [-0.3, -0.25) is 0 Å². The lowest BCUT2D eigenvalue weighted by Gasteiger charge is -2.40. The van der Waals surface area contributed by atoms with E-state index in [1.54, 1.807) is 4.90 Å². The van der Waals surface area contributed by atoms with E-state index in [1.807, 2.05) is 20.8 Å². The van der Waals surface area contributed by atoms with Gasteiger partial charge < -0.3 is 15.3 Å². The Kier molecular flexibility index (Phi) is 2.28. The molecule has 0 aromatic rings. The van der Waals surface area contributed by atoms with Crippen LogP contribution in [-0.2, 0) is 0 Å². The van der Waals surface area contributed by atoms with Gasteiger partial charge in [0.1, 0.15) is 0 Å². The molecule has 1 heterocycles. The highest BCUT2D eigenvalue weighted by Crippen LogP contribution is 2.15. The maximum absolute atomic E-state index is 11.3. The van der Waals surface area contributed by atoms with Crippen LogP contribution >= 0.6 is 0 Å². The van der Waals surface area contributed by atoms with Crippen LogP contribution in [0.3, 0.4) is 0 Å². The van der Waals surface area contributed by atoms with E-state index in [9.17, 15) is 9.90 Å². The fraction of sp³-hybridized carbons (Fsp3) is 0.875. The lowest BCUT2D eigenvalue weighted by atomic mass is 10.0. The van der Waals surface area contributed by atoms with Crippen molar-refractivity contribution in [3.05, 3.63) is 0 Å². The number of nitrogens with zero attached hydrogens (tertiary/aromatic N) is 1. The molecule has 1 saturated heterocycles. The van der Waals surface area contributed by atoms with Gasteiger partial charge in [0.05, 0.1) is 12.6 Å².